The van der Waals surface area contributed by atoms with Crippen LogP contribution in [-0.2, 0) is 4.74 Å². The number of hydrogen-bond donors (Lipinski definition) is 0. The molecule has 1 aliphatic heterocycles. The Morgan fingerprint density at radius 1 is 1.17 bits per heavy atom. The highest BCUT2D eigenvalue weighted by Crippen LogP contribution is 2.32. The summed E-state index contributed by atoms with van der Waals surface area (Å²) in [6, 6.07) is 10.7. The Labute approximate surface area is 174 Å². The highest BCUT2D eigenvalue weighted by Gasteiger charge is 2.25. The second kappa shape index (κ2) is 9.39. The molecule has 0 spiro atoms. The molecule has 0 saturated carbocycles. The smallest absolute Gasteiger partial charge is 0.338 e. The van der Waals surface area contributed by atoms with Gasteiger partial charge >= 0.3 is 5.97 Å². The number of carbonyl (C=O) groups is 2. The van der Waals surface area contributed by atoms with Crippen molar-refractivity contribution < 1.29 is 24.0 Å². The molecule has 30 heavy (non-hydrogen) atoms. The maximum Gasteiger partial charge on any atom is 0.338 e. The first-order chi connectivity index (χ1) is 14.4. The van der Waals surface area contributed by atoms with Gasteiger partial charge < -0.3 is 14.4 Å². The predicted octanol–water partition coefficient (Wildman–Crippen LogP) is 3.88. The summed E-state index contributed by atoms with van der Waals surface area (Å²) in [6.07, 6.45) is 2.06. The van der Waals surface area contributed by atoms with E-state index in [0.29, 0.717) is 22.9 Å². The molecule has 0 aromatic heterocycles. The topological polar surface area (TPSA) is 99.0 Å². The molecule has 158 valence electrons. The van der Waals surface area contributed by atoms with Gasteiger partial charge in [-0.15, -0.1) is 0 Å². The molecule has 1 aliphatic rings. The number of benzene rings is 2. The lowest BCUT2D eigenvalue weighted by atomic mass is 9.99. The van der Waals surface area contributed by atoms with Crippen LogP contribution in [0.3, 0.4) is 0 Å². The van der Waals surface area contributed by atoms with Crippen LogP contribution in [0, 0.1) is 16.0 Å². The lowest BCUT2D eigenvalue weighted by molar-refractivity contribution is -0.384. The third-order valence-corrected chi connectivity index (χ3v) is 5.15. The minimum absolute atomic E-state index is 0.0399. The number of ether oxygens (including phenoxy) is 2. The maximum atomic E-state index is 12.4. The van der Waals surface area contributed by atoms with E-state index in [2.05, 4.69) is 6.92 Å². The molecule has 2 aromatic carbocycles. The number of Topliss-reactive ketones (excluding diaryl/α,β-unsaturated/α-hetero) is 1. The zero-order valence-corrected chi connectivity index (χ0v) is 17.0. The number of piperidine rings is 1. The van der Waals surface area contributed by atoms with Crippen molar-refractivity contribution >= 4 is 23.1 Å². The molecule has 8 heteroatoms. The number of esters is 1. The zero-order chi connectivity index (χ0) is 21.7. The van der Waals surface area contributed by atoms with Crippen molar-refractivity contribution in [2.24, 2.45) is 5.92 Å². The Kier molecular flexibility index (Phi) is 6.66. The van der Waals surface area contributed by atoms with Crippen LogP contribution in [0.1, 0.15) is 40.5 Å². The first-order valence-electron chi connectivity index (χ1n) is 9.77. The number of nitrogens with zero attached hydrogens (tertiary/aromatic N) is 2. The van der Waals surface area contributed by atoms with Crippen LogP contribution in [0.15, 0.2) is 42.5 Å². The number of rotatable bonds is 7. The summed E-state index contributed by atoms with van der Waals surface area (Å²) in [6.45, 7) is 3.14. The van der Waals surface area contributed by atoms with Gasteiger partial charge in [0.15, 0.2) is 12.4 Å². The molecule has 0 radical (unpaired) electrons. The van der Waals surface area contributed by atoms with Gasteiger partial charge in [-0.3, -0.25) is 14.9 Å². The van der Waals surface area contributed by atoms with Crippen LogP contribution in [0.4, 0.5) is 11.4 Å². The molecule has 0 bridgehead atoms. The Balaban J connectivity index is 1.70. The van der Waals surface area contributed by atoms with Gasteiger partial charge in [0, 0.05) is 24.7 Å². The number of carbonyl (C=O) groups excluding carboxylic acids is 2. The molecular weight excluding hydrogens is 388 g/mol. The van der Waals surface area contributed by atoms with Crippen LogP contribution >= 0.6 is 0 Å². The van der Waals surface area contributed by atoms with E-state index in [1.165, 1.54) is 19.2 Å². The summed E-state index contributed by atoms with van der Waals surface area (Å²) in [5.74, 6) is -0.0936. The third-order valence-electron chi connectivity index (χ3n) is 5.15. The molecular formula is C22H24N2O6. The molecule has 1 unspecified atom stereocenters. The SMILES string of the molecule is COc1ccc(C(=O)COC(=O)c2ccc(N3CCCC(C)C3)c([N+](=O)[O-])c2)cc1. The van der Waals surface area contributed by atoms with E-state index in [0.717, 1.165) is 25.9 Å². The van der Waals surface area contributed by atoms with Crippen LogP contribution < -0.4 is 9.64 Å². The Morgan fingerprint density at radius 3 is 2.50 bits per heavy atom. The van der Waals surface area contributed by atoms with E-state index >= 15 is 0 Å². The lowest BCUT2D eigenvalue weighted by Crippen LogP contribution is -2.34. The van der Waals surface area contributed by atoms with Crippen molar-refractivity contribution in [2.45, 2.75) is 19.8 Å². The summed E-state index contributed by atoms with van der Waals surface area (Å²) in [7, 11) is 1.52. The predicted molar refractivity (Wildman–Crippen MR) is 111 cm³/mol. The van der Waals surface area contributed by atoms with Crippen LogP contribution in [0.25, 0.3) is 0 Å². The minimum atomic E-state index is -0.779. The number of nitro benzene ring substituents is 1. The van der Waals surface area contributed by atoms with E-state index in [4.69, 9.17) is 9.47 Å². The molecule has 1 saturated heterocycles. The first kappa shape index (κ1) is 21.3. The summed E-state index contributed by atoms with van der Waals surface area (Å²) < 4.78 is 10.1. The Bertz CT molecular complexity index is 941. The molecule has 0 aliphatic carbocycles. The number of methoxy groups -OCH3 is 1. The normalized spacial score (nSPS) is 16.1. The second-order valence-corrected chi connectivity index (χ2v) is 7.38. The summed E-state index contributed by atoms with van der Waals surface area (Å²) >= 11 is 0. The summed E-state index contributed by atoms with van der Waals surface area (Å²) in [5, 5.41) is 11.6. The van der Waals surface area contributed by atoms with Crippen molar-refractivity contribution in [1.29, 1.82) is 0 Å². The second-order valence-electron chi connectivity index (χ2n) is 7.38. The number of nitro groups is 1. The molecule has 1 heterocycles. The fourth-order valence-corrected chi connectivity index (χ4v) is 3.55. The quantitative estimate of drug-likeness (QED) is 0.294. The average molecular weight is 412 g/mol. The van der Waals surface area contributed by atoms with Gasteiger partial charge in [-0.05, 0) is 55.2 Å². The molecule has 0 N–H and O–H groups in total. The Morgan fingerprint density at radius 2 is 1.87 bits per heavy atom. The number of ketones is 1. The van der Waals surface area contributed by atoms with Gasteiger partial charge in [0.05, 0.1) is 17.6 Å². The fourth-order valence-electron chi connectivity index (χ4n) is 3.55. The molecule has 8 nitrogen and oxygen atoms in total. The maximum absolute atomic E-state index is 12.4. The van der Waals surface area contributed by atoms with Gasteiger partial charge in [0.25, 0.3) is 5.69 Å². The molecule has 2 aromatic rings. The van der Waals surface area contributed by atoms with Crippen LogP contribution in [-0.4, -0.2) is 43.5 Å². The van der Waals surface area contributed by atoms with Crippen molar-refractivity contribution in [1.82, 2.24) is 0 Å². The van der Waals surface area contributed by atoms with E-state index in [-0.39, 0.29) is 17.0 Å². The molecule has 3 rings (SSSR count). The van der Waals surface area contributed by atoms with Gasteiger partial charge in [-0.1, -0.05) is 6.92 Å². The number of anilines is 1. The van der Waals surface area contributed by atoms with E-state index in [1.807, 2.05) is 4.90 Å². The van der Waals surface area contributed by atoms with Crippen molar-refractivity contribution in [3.05, 3.63) is 63.7 Å². The summed E-state index contributed by atoms with van der Waals surface area (Å²) in [5.41, 5.74) is 0.777. The molecule has 0 amide bonds. The number of hydrogen-bond acceptors (Lipinski definition) is 7. The molecule has 1 atom stereocenters. The van der Waals surface area contributed by atoms with Gasteiger partial charge in [-0.25, -0.2) is 4.79 Å². The molecule has 1 fully saturated rings. The van der Waals surface area contributed by atoms with Crippen molar-refractivity contribution in [3.63, 3.8) is 0 Å². The highest BCUT2D eigenvalue weighted by atomic mass is 16.6. The van der Waals surface area contributed by atoms with Gasteiger partial charge in [0.1, 0.15) is 11.4 Å². The standard InChI is InChI=1S/C22H24N2O6/c1-15-4-3-11-23(13-15)19-10-7-17(12-20(19)24(27)28)22(26)30-14-21(25)16-5-8-18(29-2)9-6-16/h5-10,12,15H,3-4,11,13-14H2,1-2H3. The zero-order valence-electron chi connectivity index (χ0n) is 17.0. The summed E-state index contributed by atoms with van der Waals surface area (Å²) in [4.78, 5) is 37.7. The largest absolute Gasteiger partial charge is 0.497 e. The Hall–Kier alpha value is -3.42. The lowest BCUT2D eigenvalue weighted by Gasteiger charge is -2.32. The van der Waals surface area contributed by atoms with Crippen LogP contribution in [0.5, 0.6) is 5.75 Å². The average Bonchev–Trinajstić information content (AvgIpc) is 2.76. The monoisotopic (exact) mass is 412 g/mol. The van der Waals surface area contributed by atoms with E-state index in [9.17, 15) is 19.7 Å². The third kappa shape index (κ3) is 4.94. The van der Waals surface area contributed by atoms with Gasteiger partial charge in [0.2, 0.25) is 0 Å². The fraction of sp³-hybridized carbons (Fsp3) is 0.364. The van der Waals surface area contributed by atoms with Gasteiger partial charge in [-0.2, -0.15) is 0 Å². The van der Waals surface area contributed by atoms with E-state index < -0.39 is 17.5 Å². The van der Waals surface area contributed by atoms with Crippen molar-refractivity contribution in [3.8, 4) is 5.75 Å². The van der Waals surface area contributed by atoms with E-state index in [1.54, 1.807) is 30.3 Å². The first-order valence-corrected chi connectivity index (χ1v) is 9.77. The van der Waals surface area contributed by atoms with Crippen LogP contribution in [0.2, 0.25) is 0 Å². The van der Waals surface area contributed by atoms with Crippen molar-refractivity contribution in [2.75, 3.05) is 31.7 Å². The highest BCUT2D eigenvalue weighted by molar-refractivity contribution is 5.99. The minimum Gasteiger partial charge on any atom is -0.497 e.